The average molecular weight is 637 g/mol. The second-order valence-corrected chi connectivity index (χ2v) is 15.1. The fourth-order valence-electron chi connectivity index (χ4n) is 9.51. The van der Waals surface area contributed by atoms with Crippen LogP contribution in [-0.4, -0.2) is 132 Å². The van der Waals surface area contributed by atoms with E-state index in [0.29, 0.717) is 38.4 Å². The molecule has 5 saturated heterocycles. The van der Waals surface area contributed by atoms with E-state index in [9.17, 15) is 9.90 Å². The summed E-state index contributed by atoms with van der Waals surface area (Å²) in [6.07, 6.45) is 2.76. The Kier molecular flexibility index (Phi) is 10.7. The molecule has 1 aliphatic carbocycles. The van der Waals surface area contributed by atoms with Gasteiger partial charge in [0.2, 0.25) is 0 Å². The minimum Gasteiger partial charge on any atom is -0.375 e. The number of rotatable bonds is 4. The molecule has 12 unspecified atom stereocenters. The van der Waals surface area contributed by atoms with E-state index in [-0.39, 0.29) is 54.7 Å². The highest BCUT2D eigenvalue weighted by Gasteiger charge is 2.56. The molecular weight excluding hydrogens is 578 g/mol. The van der Waals surface area contributed by atoms with Gasteiger partial charge in [-0.15, -0.1) is 0 Å². The Balaban J connectivity index is 1.34. The minimum absolute atomic E-state index is 0.0286. The molecule has 0 aromatic carbocycles. The summed E-state index contributed by atoms with van der Waals surface area (Å²) in [5.74, 6) is -0.362. The van der Waals surface area contributed by atoms with Crippen LogP contribution >= 0.6 is 0 Å². The first-order chi connectivity index (χ1) is 21.7. The number of hydrogen-bond donors (Lipinski definition) is 6. The summed E-state index contributed by atoms with van der Waals surface area (Å²) in [5.41, 5.74) is 0. The van der Waals surface area contributed by atoms with Gasteiger partial charge in [-0.05, 0) is 77.0 Å². The van der Waals surface area contributed by atoms with Gasteiger partial charge in [0.15, 0.2) is 0 Å². The Morgan fingerprint density at radius 2 is 1.71 bits per heavy atom. The number of nitrogens with one attached hydrogen (secondary N) is 5. The normalized spacial score (nSPS) is 44.7. The lowest BCUT2D eigenvalue weighted by Crippen LogP contribution is -2.79. The SMILES string of the molecule is C=CC(O)N1CCN(C2NC(=O)N3C4CC(CNC4C(C)C)NCCCCNC4CCC(F)C(C4)C4NC3C2CC4F)[C@@H](C)C1. The maximum atomic E-state index is 16.5. The molecule has 12 heteroatoms. The predicted molar refractivity (Wildman–Crippen MR) is 172 cm³/mol. The minimum atomic E-state index is -1.22. The Labute approximate surface area is 268 Å². The highest BCUT2D eigenvalue weighted by Crippen LogP contribution is 2.41. The molecule has 5 aliphatic heterocycles. The van der Waals surface area contributed by atoms with E-state index < -0.39 is 36.7 Å². The summed E-state index contributed by atoms with van der Waals surface area (Å²) in [7, 11) is 0. The molecule has 6 rings (SSSR count). The zero-order valence-corrected chi connectivity index (χ0v) is 27.5. The third-order valence-electron chi connectivity index (χ3n) is 11.9. The zero-order chi connectivity index (χ0) is 31.8. The van der Waals surface area contributed by atoms with Crippen molar-refractivity contribution in [2.24, 2.45) is 17.8 Å². The van der Waals surface area contributed by atoms with Gasteiger partial charge in [0.1, 0.15) is 18.6 Å². The molecule has 13 atom stereocenters. The van der Waals surface area contributed by atoms with Crippen LogP contribution in [0.15, 0.2) is 12.7 Å². The molecule has 5 heterocycles. The number of piperidine rings is 2. The fraction of sp³-hybridized carbons (Fsp3) is 0.909. The Morgan fingerprint density at radius 1 is 0.956 bits per heavy atom. The summed E-state index contributed by atoms with van der Waals surface area (Å²) < 4.78 is 32.2. The first-order valence-corrected chi connectivity index (χ1v) is 17.8. The molecular formula is C33H58F2N8O2. The van der Waals surface area contributed by atoms with Crippen molar-refractivity contribution < 1.29 is 18.7 Å². The molecule has 6 aliphatic rings. The van der Waals surface area contributed by atoms with E-state index in [1.807, 2.05) is 9.80 Å². The van der Waals surface area contributed by atoms with Crippen LogP contribution in [0.3, 0.4) is 0 Å². The summed E-state index contributed by atoms with van der Waals surface area (Å²) in [6, 6.07) is -0.347. The standard InChI is InChI=1S/C33H58F2N8O2/c1-5-28(44)41-12-13-42(20(4)18-41)31-24-16-26(35)30-23-14-21(8-9-25(23)34)36-10-6-7-11-37-22-15-27(29(19(2)3)38-17-22)43(32(24)39-30)33(45)40-31/h5,19-32,36-39,44H,1,6-18H2,2-4H3,(H,40,45)/t20-,21?,22?,23?,24?,25?,26?,27?,28?,29?,30?,31?,32?/m0/s1. The Hall–Kier alpha value is -1.41. The lowest BCUT2D eigenvalue weighted by atomic mass is 9.73. The third kappa shape index (κ3) is 6.93. The van der Waals surface area contributed by atoms with E-state index in [4.69, 9.17) is 0 Å². The molecule has 10 nitrogen and oxygen atoms in total. The molecule has 6 fully saturated rings. The summed E-state index contributed by atoms with van der Waals surface area (Å²) >= 11 is 0. The second-order valence-electron chi connectivity index (χ2n) is 15.1. The smallest absolute Gasteiger partial charge is 0.320 e. The number of hydrogen-bond acceptors (Lipinski definition) is 8. The summed E-state index contributed by atoms with van der Waals surface area (Å²) in [5, 5.41) is 28.6. The monoisotopic (exact) mass is 636 g/mol. The number of fused-ring (bicyclic) bond motifs is 7. The number of aliphatic hydroxyl groups excluding tert-OH is 1. The number of urea groups is 1. The van der Waals surface area contributed by atoms with E-state index in [0.717, 1.165) is 45.3 Å². The van der Waals surface area contributed by atoms with Gasteiger partial charge in [-0.2, -0.15) is 0 Å². The Morgan fingerprint density at radius 3 is 2.42 bits per heavy atom. The maximum absolute atomic E-state index is 16.5. The van der Waals surface area contributed by atoms with E-state index in [1.165, 1.54) is 6.08 Å². The molecule has 1 saturated carbocycles. The number of amides is 2. The van der Waals surface area contributed by atoms with Crippen LogP contribution in [0.4, 0.5) is 13.6 Å². The Bertz CT molecular complexity index is 1030. The lowest BCUT2D eigenvalue weighted by Gasteiger charge is -2.59. The summed E-state index contributed by atoms with van der Waals surface area (Å²) in [6.45, 7) is 14.8. The van der Waals surface area contributed by atoms with Crippen molar-refractivity contribution in [3.8, 4) is 0 Å². The molecule has 6 bridgehead atoms. The first-order valence-electron chi connectivity index (χ1n) is 17.8. The maximum Gasteiger partial charge on any atom is 0.320 e. The number of halogens is 2. The molecule has 45 heavy (non-hydrogen) atoms. The van der Waals surface area contributed by atoms with Crippen molar-refractivity contribution in [3.05, 3.63) is 12.7 Å². The van der Waals surface area contributed by atoms with Crippen LogP contribution in [0.5, 0.6) is 0 Å². The largest absolute Gasteiger partial charge is 0.375 e. The summed E-state index contributed by atoms with van der Waals surface area (Å²) in [4.78, 5) is 20.7. The second kappa shape index (κ2) is 14.4. The van der Waals surface area contributed by atoms with E-state index >= 15 is 8.78 Å². The van der Waals surface area contributed by atoms with Gasteiger partial charge in [-0.25, -0.2) is 13.6 Å². The van der Waals surface area contributed by atoms with Gasteiger partial charge in [0.05, 0.1) is 18.4 Å². The van der Waals surface area contributed by atoms with Gasteiger partial charge >= 0.3 is 6.03 Å². The highest BCUT2D eigenvalue weighted by molar-refractivity contribution is 5.76. The van der Waals surface area contributed by atoms with Crippen LogP contribution in [-0.2, 0) is 0 Å². The molecule has 6 N–H and O–H groups in total. The van der Waals surface area contributed by atoms with Crippen LogP contribution in [0.1, 0.15) is 65.7 Å². The van der Waals surface area contributed by atoms with Gasteiger partial charge in [-0.3, -0.25) is 15.1 Å². The van der Waals surface area contributed by atoms with Crippen molar-refractivity contribution >= 4 is 6.03 Å². The average Bonchev–Trinajstić information content (AvgIpc) is 3.02. The number of carbonyl (C=O) groups is 1. The fourth-order valence-corrected chi connectivity index (χ4v) is 9.51. The van der Waals surface area contributed by atoms with Crippen molar-refractivity contribution in [3.63, 3.8) is 0 Å². The van der Waals surface area contributed by atoms with E-state index in [2.05, 4.69) is 58.8 Å². The quantitative estimate of drug-likeness (QED) is 0.259. The molecule has 0 aromatic rings. The van der Waals surface area contributed by atoms with Gasteiger partial charge in [-0.1, -0.05) is 20.4 Å². The van der Waals surface area contributed by atoms with Crippen LogP contribution in [0, 0.1) is 17.8 Å². The number of nitrogens with zero attached hydrogens (tertiary/aromatic N) is 3. The van der Waals surface area contributed by atoms with Crippen LogP contribution in [0.25, 0.3) is 0 Å². The number of piperazine rings is 1. The number of aliphatic hydroxyl groups is 1. The molecule has 0 aromatic heterocycles. The van der Waals surface area contributed by atoms with Crippen molar-refractivity contribution in [1.82, 2.24) is 41.3 Å². The number of alkyl halides is 2. The van der Waals surface area contributed by atoms with Gasteiger partial charge in [0, 0.05) is 68.2 Å². The zero-order valence-electron chi connectivity index (χ0n) is 27.5. The van der Waals surface area contributed by atoms with Crippen molar-refractivity contribution in [2.75, 3.05) is 39.3 Å². The molecule has 0 spiro atoms. The molecule has 2 amide bonds. The number of carbonyl (C=O) groups excluding carboxylic acids is 1. The van der Waals surface area contributed by atoms with Crippen molar-refractivity contribution in [1.29, 1.82) is 0 Å². The third-order valence-corrected chi connectivity index (χ3v) is 11.9. The van der Waals surface area contributed by atoms with Crippen LogP contribution in [0.2, 0.25) is 0 Å². The topological polar surface area (TPSA) is 107 Å². The van der Waals surface area contributed by atoms with Gasteiger partial charge in [0.25, 0.3) is 0 Å². The predicted octanol–water partition coefficient (Wildman–Crippen LogP) is 1.73. The van der Waals surface area contributed by atoms with E-state index in [1.54, 1.807) is 0 Å². The lowest BCUT2D eigenvalue weighted by molar-refractivity contribution is -0.0990. The van der Waals surface area contributed by atoms with Crippen molar-refractivity contribution in [2.45, 2.75) is 133 Å². The molecule has 0 radical (unpaired) electrons. The van der Waals surface area contributed by atoms with Gasteiger partial charge < -0.3 is 31.3 Å². The van der Waals surface area contributed by atoms with Crippen LogP contribution < -0.4 is 26.6 Å². The first kappa shape index (κ1) is 33.5. The highest BCUT2D eigenvalue weighted by atomic mass is 19.1. The molecule has 256 valence electrons.